The standard InChI is InChI=1S/C23H38N2O5/c1-19(2,3)15(24-18(29)30-20(4,5)6)16(26)25-13-23(12-14(25)17(27)28)21(7,8)22(23)10-9-11-22/h14-15H,9-13H2,1-8H3,(H,24,29)(H,27,28)/t14-,15+,23?/m0/s1. The molecule has 170 valence electrons. The van der Waals surface area contributed by atoms with Crippen LogP contribution in [0.4, 0.5) is 4.79 Å². The van der Waals surface area contributed by atoms with Gasteiger partial charge < -0.3 is 20.1 Å². The number of likely N-dealkylation sites (tertiary alicyclic amines) is 1. The van der Waals surface area contributed by atoms with Crippen LogP contribution in [-0.4, -0.2) is 52.2 Å². The number of fused-ring (bicyclic) bond motifs is 1. The van der Waals surface area contributed by atoms with Crippen LogP contribution in [0.3, 0.4) is 0 Å². The van der Waals surface area contributed by atoms with Crippen molar-refractivity contribution in [2.75, 3.05) is 6.54 Å². The maximum Gasteiger partial charge on any atom is 0.408 e. The van der Waals surface area contributed by atoms with E-state index in [4.69, 9.17) is 4.74 Å². The molecule has 0 aromatic carbocycles. The highest BCUT2D eigenvalue weighted by Crippen LogP contribution is 2.88. The summed E-state index contributed by atoms with van der Waals surface area (Å²) in [5.74, 6) is -1.31. The largest absolute Gasteiger partial charge is 0.480 e. The van der Waals surface area contributed by atoms with Crippen LogP contribution in [-0.2, 0) is 14.3 Å². The van der Waals surface area contributed by atoms with Crippen LogP contribution in [0, 0.1) is 21.7 Å². The Morgan fingerprint density at radius 1 is 1.07 bits per heavy atom. The zero-order chi connectivity index (χ0) is 22.9. The molecular weight excluding hydrogens is 384 g/mol. The number of nitrogens with one attached hydrogen (secondary N) is 1. The van der Waals surface area contributed by atoms with Gasteiger partial charge >= 0.3 is 12.1 Å². The second-order valence-electron chi connectivity index (χ2n) is 12.1. The van der Waals surface area contributed by atoms with Gasteiger partial charge in [-0.3, -0.25) is 4.79 Å². The normalized spacial score (nSPS) is 30.0. The zero-order valence-corrected chi connectivity index (χ0v) is 19.7. The molecule has 2 saturated carbocycles. The average molecular weight is 423 g/mol. The van der Waals surface area contributed by atoms with E-state index in [0.29, 0.717) is 13.0 Å². The maximum absolute atomic E-state index is 13.6. The first-order valence-corrected chi connectivity index (χ1v) is 11.0. The van der Waals surface area contributed by atoms with E-state index in [1.165, 1.54) is 11.3 Å². The van der Waals surface area contributed by atoms with E-state index in [1.807, 2.05) is 20.8 Å². The van der Waals surface area contributed by atoms with Gasteiger partial charge in [0.2, 0.25) is 5.91 Å². The minimum absolute atomic E-state index is 0.0246. The molecule has 2 aliphatic carbocycles. The molecule has 2 amide bonds. The van der Waals surface area contributed by atoms with Gasteiger partial charge in [-0.1, -0.05) is 41.0 Å². The summed E-state index contributed by atoms with van der Waals surface area (Å²) in [5.41, 5.74) is -1.26. The number of nitrogens with zero attached hydrogens (tertiary/aromatic N) is 1. The Balaban J connectivity index is 1.86. The number of carbonyl (C=O) groups excluding carboxylic acids is 2. The number of alkyl carbamates (subject to hydrolysis) is 1. The summed E-state index contributed by atoms with van der Waals surface area (Å²) in [6, 6.07) is -1.73. The lowest BCUT2D eigenvalue weighted by molar-refractivity contribution is -0.150. The second kappa shape index (κ2) is 6.60. The van der Waals surface area contributed by atoms with Gasteiger partial charge in [0.1, 0.15) is 17.7 Å². The SMILES string of the molecule is CC(C)(C)OC(=O)N[C@H](C(=O)N1CC2(C[C@H]1C(=O)O)C(C)(C)C21CCC1)C(C)(C)C. The number of hydrogen-bond acceptors (Lipinski definition) is 4. The van der Waals surface area contributed by atoms with Gasteiger partial charge in [0, 0.05) is 12.0 Å². The number of aliphatic carboxylic acids is 1. The Kier molecular flexibility index (Phi) is 5.04. The number of rotatable bonds is 3. The monoisotopic (exact) mass is 422 g/mol. The Bertz CT molecular complexity index is 757. The Morgan fingerprint density at radius 3 is 2.00 bits per heavy atom. The summed E-state index contributed by atoms with van der Waals surface area (Å²) in [7, 11) is 0. The summed E-state index contributed by atoms with van der Waals surface area (Å²) in [5, 5.41) is 12.7. The Hall–Kier alpha value is -1.79. The third-order valence-electron chi connectivity index (χ3n) is 8.15. The molecule has 7 heteroatoms. The molecule has 3 fully saturated rings. The molecule has 3 aliphatic rings. The van der Waals surface area contributed by atoms with Crippen molar-refractivity contribution in [1.29, 1.82) is 0 Å². The Morgan fingerprint density at radius 2 is 1.63 bits per heavy atom. The van der Waals surface area contributed by atoms with Crippen molar-refractivity contribution in [3.63, 3.8) is 0 Å². The van der Waals surface area contributed by atoms with Gasteiger partial charge in [0.15, 0.2) is 0 Å². The van der Waals surface area contributed by atoms with Crippen molar-refractivity contribution in [3.05, 3.63) is 0 Å². The minimum Gasteiger partial charge on any atom is -0.480 e. The van der Waals surface area contributed by atoms with E-state index in [1.54, 1.807) is 20.8 Å². The third-order valence-corrected chi connectivity index (χ3v) is 8.15. The number of hydrogen-bond donors (Lipinski definition) is 2. The third kappa shape index (κ3) is 3.19. The topological polar surface area (TPSA) is 95.9 Å². The summed E-state index contributed by atoms with van der Waals surface area (Å²) in [4.78, 5) is 39.7. The second-order valence-corrected chi connectivity index (χ2v) is 12.1. The quantitative estimate of drug-likeness (QED) is 0.721. The average Bonchev–Trinajstić information content (AvgIpc) is 2.78. The molecule has 1 unspecified atom stereocenters. The Labute approximate surface area is 179 Å². The van der Waals surface area contributed by atoms with Gasteiger partial charge in [-0.15, -0.1) is 0 Å². The van der Waals surface area contributed by atoms with E-state index in [9.17, 15) is 19.5 Å². The van der Waals surface area contributed by atoms with Crippen LogP contribution in [0.15, 0.2) is 0 Å². The number of carboxylic acid groups (broad SMARTS) is 1. The summed E-state index contributed by atoms with van der Waals surface area (Å²) >= 11 is 0. The van der Waals surface area contributed by atoms with Crippen molar-refractivity contribution in [2.24, 2.45) is 21.7 Å². The number of carboxylic acids is 1. The lowest BCUT2D eigenvalue weighted by atomic mass is 9.73. The minimum atomic E-state index is -0.970. The van der Waals surface area contributed by atoms with Crippen LogP contribution >= 0.6 is 0 Å². The molecule has 3 rings (SSSR count). The van der Waals surface area contributed by atoms with Crippen molar-refractivity contribution >= 4 is 18.0 Å². The molecule has 0 aromatic heterocycles. The van der Waals surface area contributed by atoms with Gasteiger partial charge in [0.25, 0.3) is 0 Å². The lowest BCUT2D eigenvalue weighted by Crippen LogP contribution is -2.57. The molecule has 1 heterocycles. The molecule has 0 radical (unpaired) electrons. The van der Waals surface area contributed by atoms with E-state index < -0.39 is 35.2 Å². The van der Waals surface area contributed by atoms with Crippen molar-refractivity contribution in [1.82, 2.24) is 10.2 Å². The van der Waals surface area contributed by atoms with E-state index >= 15 is 0 Å². The number of amides is 2. The first-order chi connectivity index (χ1) is 13.5. The fraction of sp³-hybridized carbons (Fsp3) is 0.870. The molecule has 0 aromatic rings. The predicted octanol–water partition coefficient (Wildman–Crippen LogP) is 3.81. The maximum atomic E-state index is 13.6. The van der Waals surface area contributed by atoms with E-state index in [-0.39, 0.29) is 22.2 Å². The highest BCUT2D eigenvalue weighted by molar-refractivity contribution is 5.91. The number of ether oxygens (including phenoxy) is 1. The summed E-state index contributed by atoms with van der Waals surface area (Å²) in [6.07, 6.45) is 3.20. The molecular formula is C23H38N2O5. The molecule has 30 heavy (non-hydrogen) atoms. The molecule has 1 saturated heterocycles. The van der Waals surface area contributed by atoms with Crippen molar-refractivity contribution in [3.8, 4) is 0 Å². The molecule has 2 spiro atoms. The zero-order valence-electron chi connectivity index (χ0n) is 19.7. The van der Waals surface area contributed by atoms with E-state index in [0.717, 1.165) is 12.8 Å². The van der Waals surface area contributed by atoms with Crippen LogP contribution in [0.5, 0.6) is 0 Å². The predicted molar refractivity (Wildman–Crippen MR) is 113 cm³/mol. The van der Waals surface area contributed by atoms with Gasteiger partial charge in [-0.25, -0.2) is 9.59 Å². The highest BCUT2D eigenvalue weighted by Gasteiger charge is 2.85. The van der Waals surface area contributed by atoms with Gasteiger partial charge in [-0.05, 0) is 56.3 Å². The van der Waals surface area contributed by atoms with Crippen molar-refractivity contribution < 1.29 is 24.2 Å². The van der Waals surface area contributed by atoms with Crippen LogP contribution in [0.1, 0.15) is 81.1 Å². The molecule has 2 N–H and O–H groups in total. The van der Waals surface area contributed by atoms with Crippen LogP contribution in [0.25, 0.3) is 0 Å². The molecule has 1 aliphatic heterocycles. The lowest BCUT2D eigenvalue weighted by Gasteiger charge is -2.35. The fourth-order valence-corrected chi connectivity index (χ4v) is 6.29. The van der Waals surface area contributed by atoms with Crippen LogP contribution < -0.4 is 5.32 Å². The van der Waals surface area contributed by atoms with Crippen molar-refractivity contribution in [2.45, 2.75) is 98.8 Å². The molecule has 3 atom stereocenters. The molecule has 7 nitrogen and oxygen atoms in total. The summed E-state index contributed by atoms with van der Waals surface area (Å²) in [6.45, 7) is 15.8. The van der Waals surface area contributed by atoms with Crippen LogP contribution in [0.2, 0.25) is 0 Å². The summed E-state index contributed by atoms with van der Waals surface area (Å²) < 4.78 is 5.36. The van der Waals surface area contributed by atoms with E-state index in [2.05, 4.69) is 19.2 Å². The highest BCUT2D eigenvalue weighted by atomic mass is 16.6. The fourth-order valence-electron chi connectivity index (χ4n) is 6.29. The first kappa shape index (κ1) is 22.9. The number of carbonyl (C=O) groups is 3. The molecule has 0 bridgehead atoms. The smallest absolute Gasteiger partial charge is 0.408 e. The van der Waals surface area contributed by atoms with Gasteiger partial charge in [-0.2, -0.15) is 0 Å². The first-order valence-electron chi connectivity index (χ1n) is 11.0. The van der Waals surface area contributed by atoms with Gasteiger partial charge in [0.05, 0.1) is 0 Å².